The Hall–Kier alpha value is -4.32. The zero-order chi connectivity index (χ0) is 30.2. The van der Waals surface area contributed by atoms with Crippen LogP contribution in [0, 0.1) is 21.8 Å². The number of nitrogens with one attached hydrogen (secondary N) is 1. The first-order valence-corrected chi connectivity index (χ1v) is 14.8. The topological polar surface area (TPSA) is 130 Å². The van der Waals surface area contributed by atoms with Crippen LogP contribution < -0.4 is 9.62 Å². The van der Waals surface area contributed by atoms with Gasteiger partial charge in [-0.3, -0.25) is 24.0 Å². The van der Waals surface area contributed by atoms with E-state index in [1.54, 1.807) is 30.3 Å². The summed E-state index contributed by atoms with van der Waals surface area (Å²) in [5.41, 5.74) is 0.422. The van der Waals surface area contributed by atoms with Gasteiger partial charge in [0.05, 0.1) is 16.9 Å². The molecule has 0 spiro atoms. The molecule has 218 valence electrons. The van der Waals surface area contributed by atoms with Crippen LogP contribution >= 0.6 is 0 Å². The second kappa shape index (κ2) is 13.8. The van der Waals surface area contributed by atoms with Crippen LogP contribution in [0.1, 0.15) is 25.0 Å². The molecule has 0 aliphatic heterocycles. The van der Waals surface area contributed by atoms with E-state index >= 15 is 0 Å². The number of anilines is 1. The molecule has 0 saturated carbocycles. The second-order valence-electron chi connectivity index (χ2n) is 10.0. The van der Waals surface area contributed by atoms with Crippen molar-refractivity contribution < 1.29 is 27.3 Å². The molecule has 12 heteroatoms. The molecule has 3 aromatic rings. The molecule has 0 radical (unpaired) electrons. The summed E-state index contributed by atoms with van der Waals surface area (Å²) in [7, 11) is -4.11. The van der Waals surface area contributed by atoms with Crippen molar-refractivity contribution in [2.45, 2.75) is 32.9 Å². The number of sulfonamides is 1. The van der Waals surface area contributed by atoms with Crippen molar-refractivity contribution in [3.63, 3.8) is 0 Å². The largest absolute Gasteiger partial charge is 0.354 e. The average Bonchev–Trinajstić information content (AvgIpc) is 2.93. The number of amides is 2. The maximum atomic E-state index is 14.8. The molecule has 0 aliphatic rings. The van der Waals surface area contributed by atoms with E-state index in [1.165, 1.54) is 36.4 Å². The number of non-ortho nitro benzene ring substituents is 1. The number of hydrogen-bond donors (Lipinski definition) is 1. The second-order valence-corrected chi connectivity index (χ2v) is 11.9. The van der Waals surface area contributed by atoms with Crippen molar-refractivity contribution in [2.75, 3.05) is 23.7 Å². The summed E-state index contributed by atoms with van der Waals surface area (Å²) >= 11 is 0. The summed E-state index contributed by atoms with van der Waals surface area (Å²) in [6, 6.07) is 18.5. The molecular formula is C29H33FN4O6S. The van der Waals surface area contributed by atoms with Gasteiger partial charge in [0.15, 0.2) is 0 Å². The number of nitrogens with zero attached hydrogens (tertiary/aromatic N) is 3. The van der Waals surface area contributed by atoms with Gasteiger partial charge in [0.1, 0.15) is 18.4 Å². The number of hydrogen-bond acceptors (Lipinski definition) is 6. The van der Waals surface area contributed by atoms with E-state index in [2.05, 4.69) is 5.32 Å². The first-order valence-electron chi connectivity index (χ1n) is 12.9. The maximum Gasteiger partial charge on any atom is 0.271 e. The van der Waals surface area contributed by atoms with E-state index in [1.807, 2.05) is 19.9 Å². The summed E-state index contributed by atoms with van der Waals surface area (Å²) in [6.07, 6.45) is 0.956. The fourth-order valence-corrected chi connectivity index (χ4v) is 5.00. The number of halogens is 1. The van der Waals surface area contributed by atoms with Crippen LogP contribution in [0.4, 0.5) is 15.8 Å². The molecule has 3 aromatic carbocycles. The van der Waals surface area contributed by atoms with Crippen molar-refractivity contribution in [2.24, 2.45) is 5.92 Å². The van der Waals surface area contributed by atoms with Crippen molar-refractivity contribution in [1.29, 1.82) is 0 Å². The van der Waals surface area contributed by atoms with E-state index in [-0.39, 0.29) is 35.8 Å². The highest BCUT2D eigenvalue weighted by Crippen LogP contribution is 2.24. The van der Waals surface area contributed by atoms with Gasteiger partial charge in [0, 0.05) is 37.2 Å². The van der Waals surface area contributed by atoms with E-state index in [4.69, 9.17) is 0 Å². The lowest BCUT2D eigenvalue weighted by molar-refractivity contribution is -0.384. The van der Waals surface area contributed by atoms with Crippen LogP contribution in [0.2, 0.25) is 0 Å². The summed E-state index contributed by atoms with van der Waals surface area (Å²) in [5.74, 6) is -1.74. The minimum absolute atomic E-state index is 0.0840. The molecule has 10 nitrogen and oxygen atoms in total. The Kier molecular flexibility index (Phi) is 10.5. The third-order valence-corrected chi connectivity index (χ3v) is 7.40. The van der Waals surface area contributed by atoms with E-state index in [0.717, 1.165) is 27.1 Å². The molecule has 0 aliphatic carbocycles. The first kappa shape index (κ1) is 31.2. The number of carbonyl (C=O) groups is 2. The summed E-state index contributed by atoms with van der Waals surface area (Å²) < 4.78 is 41.1. The number of rotatable bonds is 13. The van der Waals surface area contributed by atoms with Crippen molar-refractivity contribution in [1.82, 2.24) is 10.2 Å². The zero-order valence-electron chi connectivity index (χ0n) is 23.1. The van der Waals surface area contributed by atoms with E-state index in [9.17, 15) is 32.5 Å². The van der Waals surface area contributed by atoms with Crippen molar-refractivity contribution >= 4 is 33.2 Å². The summed E-state index contributed by atoms with van der Waals surface area (Å²) in [4.78, 5) is 39.3. The molecule has 1 N–H and O–H groups in total. The minimum Gasteiger partial charge on any atom is -0.354 e. The van der Waals surface area contributed by atoms with Crippen LogP contribution in [-0.4, -0.2) is 55.4 Å². The van der Waals surface area contributed by atoms with Crippen LogP contribution in [0.3, 0.4) is 0 Å². The Labute approximate surface area is 239 Å². The Bertz CT molecular complexity index is 1480. The normalized spacial score (nSPS) is 12.0. The number of carbonyl (C=O) groups excluding carboxylic acids is 2. The Morgan fingerprint density at radius 3 is 2.27 bits per heavy atom. The average molecular weight is 585 g/mol. The Morgan fingerprint density at radius 2 is 1.66 bits per heavy atom. The predicted molar refractivity (Wildman–Crippen MR) is 154 cm³/mol. The SMILES string of the molecule is CC(C)CNC(=O)[C@@H](Cc1ccccc1)N(Cc1ccccc1F)C(=O)CN(c1cccc([N+](=O)[O-])c1)S(C)(=O)=O. The fraction of sp³-hybridized carbons (Fsp3) is 0.310. The van der Waals surface area contributed by atoms with Crippen LogP contribution in [0.15, 0.2) is 78.9 Å². The van der Waals surface area contributed by atoms with Gasteiger partial charge in [-0.05, 0) is 23.6 Å². The molecule has 0 aromatic heterocycles. The Morgan fingerprint density at radius 1 is 1.00 bits per heavy atom. The monoisotopic (exact) mass is 584 g/mol. The van der Waals surface area contributed by atoms with E-state index in [0.29, 0.717) is 6.54 Å². The first-order chi connectivity index (χ1) is 19.4. The highest BCUT2D eigenvalue weighted by atomic mass is 32.2. The minimum atomic E-state index is -4.11. The van der Waals surface area contributed by atoms with E-state index < -0.39 is 45.2 Å². The number of nitro benzene ring substituents is 1. The summed E-state index contributed by atoms with van der Waals surface area (Å²) in [6.45, 7) is 3.08. The molecule has 2 amide bonds. The van der Waals surface area contributed by atoms with Crippen LogP contribution in [0.5, 0.6) is 0 Å². The van der Waals surface area contributed by atoms with Crippen molar-refractivity contribution in [3.05, 3.63) is 106 Å². The molecule has 1 atom stereocenters. The third kappa shape index (κ3) is 8.84. The van der Waals surface area contributed by atoms with Gasteiger partial charge in [-0.2, -0.15) is 0 Å². The summed E-state index contributed by atoms with van der Waals surface area (Å²) in [5, 5.41) is 14.2. The lowest BCUT2D eigenvalue weighted by Gasteiger charge is -2.33. The quantitative estimate of drug-likeness (QED) is 0.240. The van der Waals surface area contributed by atoms with Gasteiger partial charge in [-0.15, -0.1) is 0 Å². The van der Waals surface area contributed by atoms with Gasteiger partial charge >= 0.3 is 0 Å². The van der Waals surface area contributed by atoms with Gasteiger partial charge in [-0.1, -0.05) is 68.4 Å². The third-order valence-electron chi connectivity index (χ3n) is 6.26. The van der Waals surface area contributed by atoms with Gasteiger partial charge in [0.2, 0.25) is 21.8 Å². The molecule has 41 heavy (non-hydrogen) atoms. The molecule has 0 heterocycles. The predicted octanol–water partition coefficient (Wildman–Crippen LogP) is 3.91. The lowest BCUT2D eigenvalue weighted by atomic mass is 10.0. The molecule has 3 rings (SSSR count). The number of benzene rings is 3. The van der Waals surface area contributed by atoms with Crippen LogP contribution in [-0.2, 0) is 32.6 Å². The molecule has 0 bridgehead atoms. The molecule has 0 unspecified atom stereocenters. The van der Waals surface area contributed by atoms with Gasteiger partial charge < -0.3 is 10.2 Å². The molecular weight excluding hydrogens is 551 g/mol. The lowest BCUT2D eigenvalue weighted by Crippen LogP contribution is -2.53. The van der Waals surface area contributed by atoms with Gasteiger partial charge in [0.25, 0.3) is 5.69 Å². The highest BCUT2D eigenvalue weighted by molar-refractivity contribution is 7.92. The maximum absolute atomic E-state index is 14.8. The Balaban J connectivity index is 2.08. The number of nitro groups is 1. The van der Waals surface area contributed by atoms with Crippen molar-refractivity contribution in [3.8, 4) is 0 Å². The fourth-order valence-electron chi connectivity index (χ4n) is 4.16. The highest BCUT2D eigenvalue weighted by Gasteiger charge is 2.33. The molecule has 0 fully saturated rings. The smallest absolute Gasteiger partial charge is 0.271 e. The van der Waals surface area contributed by atoms with Gasteiger partial charge in [-0.25, -0.2) is 12.8 Å². The zero-order valence-corrected chi connectivity index (χ0v) is 23.9. The standard InChI is InChI=1S/C29H33FN4O6S/c1-21(2)18-31-29(36)27(16-22-10-5-4-6-11-22)32(19-23-12-7-8-15-26(23)30)28(35)20-33(41(3,39)40)24-13-9-14-25(17-24)34(37)38/h4-15,17,21,27H,16,18-20H2,1-3H3,(H,31,36)/t27-/m1/s1. The van der Waals surface area contributed by atoms with Crippen LogP contribution in [0.25, 0.3) is 0 Å². The molecule has 0 saturated heterocycles.